The smallest absolute Gasteiger partial charge is 0.336 e. The van der Waals surface area contributed by atoms with Gasteiger partial charge in [-0.25, -0.2) is 14.8 Å². The number of hydrogen-bond acceptors (Lipinski definition) is 4. The summed E-state index contributed by atoms with van der Waals surface area (Å²) in [6.45, 7) is 4.90. The van der Waals surface area contributed by atoms with Gasteiger partial charge in [0.05, 0.1) is 16.3 Å². The first kappa shape index (κ1) is 16.4. The Bertz CT molecular complexity index is 847. The number of aryl methyl sites for hydroxylation is 4. The number of rotatable bonds is 6. The van der Waals surface area contributed by atoms with Gasteiger partial charge >= 0.3 is 5.97 Å². The van der Waals surface area contributed by atoms with Crippen molar-refractivity contribution in [3.05, 3.63) is 57.8 Å². The molecule has 0 saturated carbocycles. The van der Waals surface area contributed by atoms with Crippen LogP contribution in [0.2, 0.25) is 0 Å². The maximum atomic E-state index is 11.4. The average Bonchev–Trinajstić information content (AvgIpc) is 3.14. The van der Waals surface area contributed by atoms with Crippen molar-refractivity contribution in [3.8, 4) is 11.4 Å². The van der Waals surface area contributed by atoms with Crippen LogP contribution in [0.15, 0.2) is 36.7 Å². The van der Waals surface area contributed by atoms with E-state index in [1.807, 2.05) is 23.8 Å². The van der Waals surface area contributed by atoms with Crippen LogP contribution in [-0.2, 0) is 13.0 Å². The standard InChI is InChI=1S/C18H19N3O2S/c1-12-13(2)24-16(20-12)8-5-10-21-11-9-19-17(21)14-6-3-4-7-15(14)18(22)23/h3-4,6-7,9,11H,5,8,10H2,1-2H3,(H,22,23). The lowest BCUT2D eigenvalue weighted by atomic mass is 10.1. The molecule has 24 heavy (non-hydrogen) atoms. The Morgan fingerprint density at radius 2 is 2.08 bits per heavy atom. The molecule has 0 saturated heterocycles. The lowest BCUT2D eigenvalue weighted by Gasteiger charge is -2.09. The number of carboxylic acid groups (broad SMARTS) is 1. The highest BCUT2D eigenvalue weighted by Gasteiger charge is 2.15. The van der Waals surface area contributed by atoms with Crippen LogP contribution in [0, 0.1) is 13.8 Å². The predicted molar refractivity (Wildman–Crippen MR) is 94.5 cm³/mol. The molecule has 3 aromatic rings. The topological polar surface area (TPSA) is 68.0 Å². The SMILES string of the molecule is Cc1nc(CCCn2ccnc2-c2ccccc2C(=O)O)sc1C. The summed E-state index contributed by atoms with van der Waals surface area (Å²) in [5, 5.41) is 10.5. The zero-order valence-electron chi connectivity index (χ0n) is 13.7. The van der Waals surface area contributed by atoms with E-state index in [0.29, 0.717) is 11.4 Å². The summed E-state index contributed by atoms with van der Waals surface area (Å²) in [5.41, 5.74) is 2.03. The first-order chi connectivity index (χ1) is 11.6. The number of aromatic carboxylic acids is 1. The fraction of sp³-hybridized carbons (Fsp3) is 0.278. The van der Waals surface area contributed by atoms with E-state index in [2.05, 4.69) is 16.9 Å². The van der Waals surface area contributed by atoms with E-state index in [1.165, 1.54) is 4.88 Å². The third-order valence-corrected chi connectivity index (χ3v) is 5.11. The average molecular weight is 341 g/mol. The van der Waals surface area contributed by atoms with Crippen LogP contribution in [-0.4, -0.2) is 25.6 Å². The molecule has 6 heteroatoms. The molecule has 3 rings (SSSR count). The van der Waals surface area contributed by atoms with Gasteiger partial charge in [0.1, 0.15) is 5.82 Å². The van der Waals surface area contributed by atoms with Gasteiger partial charge in [0.2, 0.25) is 0 Å². The summed E-state index contributed by atoms with van der Waals surface area (Å²) in [6, 6.07) is 6.98. The van der Waals surface area contributed by atoms with Gasteiger partial charge in [0.25, 0.3) is 0 Å². The van der Waals surface area contributed by atoms with Gasteiger partial charge in [-0.3, -0.25) is 0 Å². The Kier molecular flexibility index (Phi) is 4.76. The maximum absolute atomic E-state index is 11.4. The highest BCUT2D eigenvalue weighted by molar-refractivity contribution is 7.11. The lowest BCUT2D eigenvalue weighted by molar-refractivity contribution is 0.0697. The van der Waals surface area contributed by atoms with Crippen LogP contribution < -0.4 is 0 Å². The molecule has 0 fully saturated rings. The molecule has 0 aliphatic heterocycles. The number of imidazole rings is 1. The van der Waals surface area contributed by atoms with Gasteiger partial charge in [-0.1, -0.05) is 18.2 Å². The predicted octanol–water partition coefficient (Wildman–Crippen LogP) is 3.95. The molecule has 1 N–H and O–H groups in total. The summed E-state index contributed by atoms with van der Waals surface area (Å²) >= 11 is 1.74. The summed E-state index contributed by atoms with van der Waals surface area (Å²) in [7, 11) is 0. The molecule has 0 radical (unpaired) electrons. The summed E-state index contributed by atoms with van der Waals surface area (Å²) in [6.07, 6.45) is 5.46. The van der Waals surface area contributed by atoms with Gasteiger partial charge in [0, 0.05) is 35.8 Å². The molecule has 0 atom stereocenters. The number of nitrogens with zero attached hydrogens (tertiary/aromatic N) is 3. The van der Waals surface area contributed by atoms with Crippen molar-refractivity contribution >= 4 is 17.3 Å². The highest BCUT2D eigenvalue weighted by atomic mass is 32.1. The monoisotopic (exact) mass is 341 g/mol. The van der Waals surface area contributed by atoms with E-state index in [4.69, 9.17) is 0 Å². The van der Waals surface area contributed by atoms with Crippen LogP contribution in [0.5, 0.6) is 0 Å². The Morgan fingerprint density at radius 3 is 2.79 bits per heavy atom. The van der Waals surface area contributed by atoms with Crippen LogP contribution in [0.25, 0.3) is 11.4 Å². The number of benzene rings is 1. The Morgan fingerprint density at radius 1 is 1.29 bits per heavy atom. The highest BCUT2D eigenvalue weighted by Crippen LogP contribution is 2.23. The van der Waals surface area contributed by atoms with E-state index in [1.54, 1.807) is 35.7 Å². The largest absolute Gasteiger partial charge is 0.478 e. The number of aromatic nitrogens is 3. The van der Waals surface area contributed by atoms with Crippen LogP contribution in [0.3, 0.4) is 0 Å². The molecule has 2 aromatic heterocycles. The minimum absolute atomic E-state index is 0.274. The minimum Gasteiger partial charge on any atom is -0.478 e. The third kappa shape index (κ3) is 3.38. The Balaban J connectivity index is 1.75. The third-order valence-electron chi connectivity index (χ3n) is 3.98. The number of thiazole rings is 1. The molecule has 0 spiro atoms. The van der Waals surface area contributed by atoms with Crippen molar-refractivity contribution in [1.82, 2.24) is 14.5 Å². The molecule has 2 heterocycles. The molecule has 5 nitrogen and oxygen atoms in total. The summed E-state index contributed by atoms with van der Waals surface area (Å²) in [5.74, 6) is -0.242. The molecular weight excluding hydrogens is 322 g/mol. The minimum atomic E-state index is -0.936. The van der Waals surface area contributed by atoms with Crippen molar-refractivity contribution < 1.29 is 9.90 Å². The summed E-state index contributed by atoms with van der Waals surface area (Å²) in [4.78, 5) is 21.6. The maximum Gasteiger partial charge on any atom is 0.336 e. The number of carbonyl (C=O) groups is 1. The normalized spacial score (nSPS) is 10.9. The molecule has 1 aromatic carbocycles. The van der Waals surface area contributed by atoms with Gasteiger partial charge in [-0.2, -0.15) is 0 Å². The van der Waals surface area contributed by atoms with Gasteiger partial charge < -0.3 is 9.67 Å². The van der Waals surface area contributed by atoms with Crippen LogP contribution in [0.4, 0.5) is 0 Å². The van der Waals surface area contributed by atoms with E-state index in [9.17, 15) is 9.90 Å². The zero-order valence-corrected chi connectivity index (χ0v) is 14.5. The zero-order chi connectivity index (χ0) is 17.1. The Hall–Kier alpha value is -2.47. The second-order valence-electron chi connectivity index (χ2n) is 5.65. The first-order valence-electron chi connectivity index (χ1n) is 7.83. The first-order valence-corrected chi connectivity index (χ1v) is 8.64. The van der Waals surface area contributed by atoms with E-state index >= 15 is 0 Å². The molecular formula is C18H19N3O2S. The quantitative estimate of drug-likeness (QED) is 0.737. The number of carboxylic acids is 1. The van der Waals surface area contributed by atoms with E-state index < -0.39 is 5.97 Å². The summed E-state index contributed by atoms with van der Waals surface area (Å²) < 4.78 is 2.01. The van der Waals surface area contributed by atoms with Crippen molar-refractivity contribution in [3.63, 3.8) is 0 Å². The number of hydrogen-bond donors (Lipinski definition) is 1. The molecule has 0 amide bonds. The van der Waals surface area contributed by atoms with Crippen molar-refractivity contribution in [2.45, 2.75) is 33.2 Å². The van der Waals surface area contributed by atoms with Gasteiger partial charge in [-0.15, -0.1) is 11.3 Å². The second-order valence-corrected chi connectivity index (χ2v) is 6.94. The molecule has 0 unspecified atom stereocenters. The van der Waals surface area contributed by atoms with Gasteiger partial charge in [0.15, 0.2) is 0 Å². The van der Waals surface area contributed by atoms with Crippen molar-refractivity contribution in [2.75, 3.05) is 0 Å². The van der Waals surface area contributed by atoms with Gasteiger partial charge in [-0.05, 0) is 26.3 Å². The second kappa shape index (κ2) is 6.97. The van der Waals surface area contributed by atoms with E-state index in [-0.39, 0.29) is 5.56 Å². The van der Waals surface area contributed by atoms with Crippen LogP contribution >= 0.6 is 11.3 Å². The van der Waals surface area contributed by atoms with Crippen LogP contribution in [0.1, 0.15) is 32.4 Å². The molecule has 124 valence electrons. The molecule has 0 bridgehead atoms. The molecule has 0 aliphatic carbocycles. The lowest BCUT2D eigenvalue weighted by Crippen LogP contribution is -2.05. The van der Waals surface area contributed by atoms with Crippen molar-refractivity contribution in [1.29, 1.82) is 0 Å². The fourth-order valence-electron chi connectivity index (χ4n) is 2.65. The fourth-order valence-corrected chi connectivity index (χ4v) is 3.62. The Labute approximate surface area is 144 Å². The molecule has 0 aliphatic rings. The van der Waals surface area contributed by atoms with Crippen molar-refractivity contribution in [2.24, 2.45) is 0 Å². The van der Waals surface area contributed by atoms with E-state index in [0.717, 1.165) is 30.1 Å².